The van der Waals surface area contributed by atoms with Crippen LogP contribution >= 0.6 is 23.2 Å². The summed E-state index contributed by atoms with van der Waals surface area (Å²) in [5, 5.41) is 1.41. The van der Waals surface area contributed by atoms with E-state index in [0.29, 0.717) is 5.02 Å². The summed E-state index contributed by atoms with van der Waals surface area (Å²) in [4.78, 5) is 0. The molecular formula is C15H22Cl2. The Bertz CT molecular complexity index is 321. The minimum absolute atomic E-state index is 0.673. The van der Waals surface area contributed by atoms with Crippen molar-refractivity contribution in [2.24, 2.45) is 0 Å². The number of aryl methyl sites for hydroxylation is 1. The van der Waals surface area contributed by atoms with Crippen LogP contribution in [0.2, 0.25) is 10.0 Å². The molecule has 0 amide bonds. The molecule has 0 bridgehead atoms. The predicted molar refractivity (Wildman–Crippen MR) is 78.2 cm³/mol. The lowest BCUT2D eigenvalue weighted by molar-refractivity contribution is 0.589. The van der Waals surface area contributed by atoms with Crippen LogP contribution in [-0.4, -0.2) is 0 Å². The van der Waals surface area contributed by atoms with Gasteiger partial charge in [-0.25, -0.2) is 0 Å². The third kappa shape index (κ3) is 5.79. The monoisotopic (exact) mass is 272 g/mol. The normalized spacial score (nSPS) is 10.8. The van der Waals surface area contributed by atoms with Gasteiger partial charge in [0.15, 0.2) is 0 Å². The van der Waals surface area contributed by atoms with Gasteiger partial charge >= 0.3 is 0 Å². The van der Waals surface area contributed by atoms with E-state index in [1.54, 1.807) is 0 Å². The van der Waals surface area contributed by atoms with Gasteiger partial charge in [0.25, 0.3) is 0 Å². The Balaban J connectivity index is 2.16. The largest absolute Gasteiger partial charge is 0.0827 e. The number of rotatable bonds is 8. The zero-order chi connectivity index (χ0) is 12.5. The van der Waals surface area contributed by atoms with Crippen molar-refractivity contribution in [2.75, 3.05) is 0 Å². The molecule has 0 aliphatic carbocycles. The number of hydrogen-bond donors (Lipinski definition) is 0. The van der Waals surface area contributed by atoms with E-state index in [-0.39, 0.29) is 0 Å². The predicted octanol–water partition coefficient (Wildman–Crippen LogP) is 6.29. The molecule has 1 aromatic rings. The van der Waals surface area contributed by atoms with Crippen molar-refractivity contribution in [1.82, 2.24) is 0 Å². The van der Waals surface area contributed by atoms with Crippen LogP contribution in [0, 0.1) is 0 Å². The summed E-state index contributed by atoms with van der Waals surface area (Å²) in [5.74, 6) is 0. The molecular weight excluding hydrogens is 251 g/mol. The molecule has 2 heteroatoms. The molecule has 0 saturated heterocycles. The second-order valence-corrected chi connectivity index (χ2v) is 5.37. The van der Waals surface area contributed by atoms with Gasteiger partial charge in [-0.15, -0.1) is 0 Å². The van der Waals surface area contributed by atoms with Crippen molar-refractivity contribution < 1.29 is 0 Å². The van der Waals surface area contributed by atoms with Crippen molar-refractivity contribution in [1.29, 1.82) is 0 Å². The number of benzene rings is 1. The van der Waals surface area contributed by atoms with Gasteiger partial charge < -0.3 is 0 Å². The molecule has 96 valence electrons. The van der Waals surface area contributed by atoms with E-state index in [4.69, 9.17) is 23.2 Å². The molecule has 17 heavy (non-hydrogen) atoms. The molecule has 0 aliphatic rings. The molecule has 0 nitrogen and oxygen atoms in total. The van der Waals surface area contributed by atoms with E-state index in [0.717, 1.165) is 11.4 Å². The van der Waals surface area contributed by atoms with Crippen LogP contribution in [0.5, 0.6) is 0 Å². The van der Waals surface area contributed by atoms with Gasteiger partial charge in [0, 0.05) is 0 Å². The fraction of sp³-hybridized carbons (Fsp3) is 0.600. The summed E-state index contributed by atoms with van der Waals surface area (Å²) >= 11 is 12.1. The SMILES string of the molecule is CCCCCCCCCc1cccc(Cl)c1Cl. The molecule has 0 saturated carbocycles. The van der Waals surface area contributed by atoms with Gasteiger partial charge in [0.2, 0.25) is 0 Å². The topological polar surface area (TPSA) is 0 Å². The number of hydrogen-bond acceptors (Lipinski definition) is 0. The Morgan fingerprint density at radius 3 is 2.24 bits per heavy atom. The minimum Gasteiger partial charge on any atom is -0.0827 e. The van der Waals surface area contributed by atoms with Crippen molar-refractivity contribution >= 4 is 23.2 Å². The Morgan fingerprint density at radius 2 is 1.53 bits per heavy atom. The van der Waals surface area contributed by atoms with E-state index >= 15 is 0 Å². The molecule has 0 N–H and O–H groups in total. The molecule has 0 fully saturated rings. The molecule has 0 aromatic heterocycles. The maximum atomic E-state index is 6.14. The van der Waals surface area contributed by atoms with E-state index in [2.05, 4.69) is 13.0 Å². The molecule has 0 heterocycles. The third-order valence-corrected chi connectivity index (χ3v) is 3.94. The lowest BCUT2D eigenvalue weighted by Gasteiger charge is -2.05. The molecule has 0 radical (unpaired) electrons. The van der Waals surface area contributed by atoms with Gasteiger partial charge in [0.1, 0.15) is 0 Å². The zero-order valence-corrected chi connectivity index (χ0v) is 12.2. The maximum absolute atomic E-state index is 6.14. The molecule has 0 aliphatic heterocycles. The minimum atomic E-state index is 0.673. The van der Waals surface area contributed by atoms with E-state index in [1.165, 1.54) is 50.5 Å². The van der Waals surface area contributed by atoms with E-state index in [1.807, 2.05) is 12.1 Å². The van der Waals surface area contributed by atoms with Crippen LogP contribution in [0.4, 0.5) is 0 Å². The van der Waals surface area contributed by atoms with Crippen LogP contribution in [0.15, 0.2) is 18.2 Å². The Labute approximate surface area is 115 Å². The summed E-state index contributed by atoms with van der Waals surface area (Å²) in [5.41, 5.74) is 1.19. The van der Waals surface area contributed by atoms with Crippen molar-refractivity contribution in [3.63, 3.8) is 0 Å². The summed E-state index contributed by atoms with van der Waals surface area (Å²) in [6, 6.07) is 5.90. The van der Waals surface area contributed by atoms with Gasteiger partial charge in [0.05, 0.1) is 10.0 Å². The second-order valence-electron chi connectivity index (χ2n) is 4.58. The molecule has 1 aromatic carbocycles. The number of halogens is 2. The van der Waals surface area contributed by atoms with Crippen LogP contribution in [0.3, 0.4) is 0 Å². The number of unbranched alkanes of at least 4 members (excludes halogenated alkanes) is 6. The summed E-state index contributed by atoms with van der Waals surface area (Å²) in [6.45, 7) is 2.25. The lowest BCUT2D eigenvalue weighted by Crippen LogP contribution is -1.88. The highest BCUT2D eigenvalue weighted by molar-refractivity contribution is 6.42. The molecule has 1 rings (SSSR count). The van der Waals surface area contributed by atoms with Crippen molar-refractivity contribution in [3.8, 4) is 0 Å². The second kappa shape index (κ2) is 8.83. The highest BCUT2D eigenvalue weighted by Gasteiger charge is 2.03. The van der Waals surface area contributed by atoms with Gasteiger partial charge in [-0.1, -0.05) is 80.8 Å². The van der Waals surface area contributed by atoms with E-state index in [9.17, 15) is 0 Å². The Kier molecular flexibility index (Phi) is 7.72. The Hall–Kier alpha value is -0.200. The highest BCUT2D eigenvalue weighted by Crippen LogP contribution is 2.26. The standard InChI is InChI=1S/C15H22Cl2/c1-2-3-4-5-6-7-8-10-13-11-9-12-14(16)15(13)17/h9,11-12H,2-8,10H2,1H3. The van der Waals surface area contributed by atoms with Crippen molar-refractivity contribution in [2.45, 2.75) is 58.3 Å². The third-order valence-electron chi connectivity index (χ3n) is 3.08. The highest BCUT2D eigenvalue weighted by atomic mass is 35.5. The lowest BCUT2D eigenvalue weighted by atomic mass is 10.0. The van der Waals surface area contributed by atoms with Gasteiger partial charge in [-0.05, 0) is 24.5 Å². The summed E-state index contributed by atoms with van der Waals surface area (Å²) in [6.07, 6.45) is 10.4. The smallest absolute Gasteiger partial charge is 0.0624 e. The van der Waals surface area contributed by atoms with Crippen LogP contribution in [0.1, 0.15) is 57.4 Å². The summed E-state index contributed by atoms with van der Waals surface area (Å²) < 4.78 is 0. The molecule has 0 spiro atoms. The fourth-order valence-corrected chi connectivity index (χ4v) is 2.43. The van der Waals surface area contributed by atoms with Crippen LogP contribution in [-0.2, 0) is 6.42 Å². The maximum Gasteiger partial charge on any atom is 0.0624 e. The first kappa shape index (κ1) is 14.9. The molecule has 0 atom stereocenters. The first-order valence-electron chi connectivity index (χ1n) is 6.68. The van der Waals surface area contributed by atoms with Gasteiger partial charge in [-0.2, -0.15) is 0 Å². The van der Waals surface area contributed by atoms with Crippen molar-refractivity contribution in [3.05, 3.63) is 33.8 Å². The molecule has 0 unspecified atom stereocenters. The first-order valence-corrected chi connectivity index (χ1v) is 7.44. The zero-order valence-electron chi connectivity index (χ0n) is 10.6. The summed E-state index contributed by atoms with van der Waals surface area (Å²) in [7, 11) is 0. The van der Waals surface area contributed by atoms with Gasteiger partial charge in [-0.3, -0.25) is 0 Å². The fourth-order valence-electron chi connectivity index (χ4n) is 2.01. The van der Waals surface area contributed by atoms with Crippen LogP contribution in [0.25, 0.3) is 0 Å². The average molecular weight is 273 g/mol. The quantitative estimate of drug-likeness (QED) is 0.488. The Morgan fingerprint density at radius 1 is 0.882 bits per heavy atom. The van der Waals surface area contributed by atoms with Crippen LogP contribution < -0.4 is 0 Å². The first-order chi connectivity index (χ1) is 8.25. The van der Waals surface area contributed by atoms with E-state index < -0.39 is 0 Å². The average Bonchev–Trinajstić information content (AvgIpc) is 2.33.